The van der Waals surface area contributed by atoms with Crippen molar-refractivity contribution in [3.05, 3.63) is 71.9 Å². The van der Waals surface area contributed by atoms with Gasteiger partial charge in [-0.1, -0.05) is 47.6 Å². The molecule has 2 aromatic carbocycles. The largest absolute Gasteiger partial charge is 0.340 e. The van der Waals surface area contributed by atoms with Gasteiger partial charge in [0.1, 0.15) is 11.9 Å². The molecule has 6 heteroatoms. The number of hydrogen-bond donors (Lipinski definition) is 1. The second-order valence-electron chi connectivity index (χ2n) is 5.00. The maximum atomic E-state index is 13.6. The fourth-order valence-electron chi connectivity index (χ4n) is 2.10. The van der Waals surface area contributed by atoms with Crippen molar-refractivity contribution in [2.24, 2.45) is 0 Å². The molecule has 1 atom stereocenters. The molecule has 0 saturated heterocycles. The minimum absolute atomic E-state index is 0.0258. The summed E-state index contributed by atoms with van der Waals surface area (Å²) in [7, 11) is 0. The summed E-state index contributed by atoms with van der Waals surface area (Å²) in [5, 5.41) is 6.54. The van der Waals surface area contributed by atoms with Gasteiger partial charge >= 0.3 is 0 Å². The number of aromatic nitrogens is 2. The van der Waals surface area contributed by atoms with Gasteiger partial charge in [0.2, 0.25) is 11.7 Å². The van der Waals surface area contributed by atoms with Gasteiger partial charge in [-0.05, 0) is 19.1 Å². The average Bonchev–Trinajstić information content (AvgIpc) is 3.06. The van der Waals surface area contributed by atoms with Gasteiger partial charge in [0, 0.05) is 5.56 Å². The number of rotatable bonds is 4. The lowest BCUT2D eigenvalue weighted by Crippen LogP contribution is -2.27. The summed E-state index contributed by atoms with van der Waals surface area (Å²) in [4.78, 5) is 16.3. The van der Waals surface area contributed by atoms with E-state index in [1.165, 1.54) is 18.2 Å². The number of nitrogens with one attached hydrogen (secondary N) is 1. The second kappa shape index (κ2) is 6.39. The molecule has 1 amide bonds. The first kappa shape index (κ1) is 14.9. The molecule has 0 radical (unpaired) electrons. The van der Waals surface area contributed by atoms with E-state index in [1.54, 1.807) is 13.0 Å². The van der Waals surface area contributed by atoms with E-state index in [9.17, 15) is 9.18 Å². The Kier molecular flexibility index (Phi) is 4.14. The molecule has 1 N–H and O–H groups in total. The first-order valence-electron chi connectivity index (χ1n) is 7.09. The van der Waals surface area contributed by atoms with E-state index in [0.29, 0.717) is 5.82 Å². The zero-order valence-electron chi connectivity index (χ0n) is 12.4. The standard InChI is InChI=1S/C17H14FN3O2/c1-11(19-16(22)13-9-5-6-10-14(13)18)17-20-15(21-23-17)12-7-3-2-4-8-12/h2-11H,1H3,(H,19,22). The van der Waals surface area contributed by atoms with E-state index < -0.39 is 17.8 Å². The van der Waals surface area contributed by atoms with Crippen LogP contribution in [-0.4, -0.2) is 16.0 Å². The lowest BCUT2D eigenvalue weighted by atomic mass is 10.2. The molecule has 1 unspecified atom stereocenters. The fourth-order valence-corrected chi connectivity index (χ4v) is 2.10. The highest BCUT2D eigenvalue weighted by Crippen LogP contribution is 2.18. The Morgan fingerprint density at radius 2 is 1.83 bits per heavy atom. The molecule has 3 rings (SSSR count). The molecule has 5 nitrogen and oxygen atoms in total. The molecule has 1 heterocycles. The number of amides is 1. The third-order valence-corrected chi connectivity index (χ3v) is 3.31. The summed E-state index contributed by atoms with van der Waals surface area (Å²) in [6.07, 6.45) is 0. The number of benzene rings is 2. The summed E-state index contributed by atoms with van der Waals surface area (Å²) in [6.45, 7) is 1.70. The molecule has 0 spiro atoms. The third kappa shape index (κ3) is 3.26. The highest BCUT2D eigenvalue weighted by molar-refractivity contribution is 5.94. The number of carbonyl (C=O) groups is 1. The fraction of sp³-hybridized carbons (Fsp3) is 0.118. The predicted molar refractivity (Wildman–Crippen MR) is 82.0 cm³/mol. The van der Waals surface area contributed by atoms with Gasteiger partial charge in [-0.2, -0.15) is 4.98 Å². The number of hydrogen-bond acceptors (Lipinski definition) is 4. The van der Waals surface area contributed by atoms with E-state index in [-0.39, 0.29) is 11.5 Å². The molecular weight excluding hydrogens is 297 g/mol. The summed E-state index contributed by atoms with van der Waals surface area (Å²) in [5.74, 6) is -0.413. The maximum Gasteiger partial charge on any atom is 0.254 e. The van der Waals surface area contributed by atoms with Crippen molar-refractivity contribution >= 4 is 5.91 Å². The van der Waals surface area contributed by atoms with Gasteiger partial charge in [0.15, 0.2) is 0 Å². The Balaban J connectivity index is 1.74. The van der Waals surface area contributed by atoms with Crippen molar-refractivity contribution in [2.45, 2.75) is 13.0 Å². The smallest absolute Gasteiger partial charge is 0.254 e. The van der Waals surface area contributed by atoms with Crippen LogP contribution in [0.5, 0.6) is 0 Å². The van der Waals surface area contributed by atoms with Crippen LogP contribution in [0, 0.1) is 5.82 Å². The van der Waals surface area contributed by atoms with Crippen molar-refractivity contribution in [2.75, 3.05) is 0 Å². The second-order valence-corrected chi connectivity index (χ2v) is 5.00. The molecule has 0 saturated carbocycles. The molecule has 0 aliphatic carbocycles. The lowest BCUT2D eigenvalue weighted by Gasteiger charge is -2.09. The van der Waals surface area contributed by atoms with Gasteiger partial charge in [-0.3, -0.25) is 4.79 Å². The first-order chi connectivity index (χ1) is 11.1. The highest BCUT2D eigenvalue weighted by atomic mass is 19.1. The molecule has 0 aliphatic rings. The van der Waals surface area contributed by atoms with Crippen molar-refractivity contribution in [1.82, 2.24) is 15.5 Å². The minimum atomic E-state index is -0.576. The van der Waals surface area contributed by atoms with Crippen molar-refractivity contribution < 1.29 is 13.7 Å². The Hall–Kier alpha value is -3.02. The molecule has 0 aliphatic heterocycles. The Labute approximate surface area is 132 Å². The number of carbonyl (C=O) groups excluding carboxylic acids is 1. The quantitative estimate of drug-likeness (QED) is 0.802. The van der Waals surface area contributed by atoms with Crippen LogP contribution in [0.4, 0.5) is 4.39 Å². The van der Waals surface area contributed by atoms with Gasteiger partial charge in [0.05, 0.1) is 5.56 Å². The summed E-state index contributed by atoms with van der Waals surface area (Å²) in [5.41, 5.74) is 0.789. The normalized spacial score (nSPS) is 11.9. The van der Waals surface area contributed by atoms with Crippen LogP contribution in [0.25, 0.3) is 11.4 Å². The molecule has 0 fully saturated rings. The Morgan fingerprint density at radius 3 is 2.57 bits per heavy atom. The highest BCUT2D eigenvalue weighted by Gasteiger charge is 2.19. The molecule has 23 heavy (non-hydrogen) atoms. The molecule has 116 valence electrons. The minimum Gasteiger partial charge on any atom is -0.340 e. The van der Waals surface area contributed by atoms with Crippen LogP contribution < -0.4 is 5.32 Å². The SMILES string of the molecule is CC(NC(=O)c1ccccc1F)c1nc(-c2ccccc2)no1. The van der Waals surface area contributed by atoms with Gasteiger partial charge in [-0.15, -0.1) is 0 Å². The van der Waals surface area contributed by atoms with Crippen LogP contribution in [-0.2, 0) is 0 Å². The van der Waals surface area contributed by atoms with E-state index in [1.807, 2.05) is 30.3 Å². The molecular formula is C17H14FN3O2. The van der Waals surface area contributed by atoms with Crippen LogP contribution in [0.15, 0.2) is 59.1 Å². The topological polar surface area (TPSA) is 68.0 Å². The molecule has 0 bridgehead atoms. The predicted octanol–water partition coefficient (Wildman–Crippen LogP) is 3.37. The molecule has 1 aromatic heterocycles. The lowest BCUT2D eigenvalue weighted by molar-refractivity contribution is 0.0928. The van der Waals surface area contributed by atoms with Crippen molar-refractivity contribution in [3.8, 4) is 11.4 Å². The number of nitrogens with zero attached hydrogens (tertiary/aromatic N) is 2. The van der Waals surface area contributed by atoms with Crippen LogP contribution in [0.1, 0.15) is 29.2 Å². The van der Waals surface area contributed by atoms with Gasteiger partial charge in [-0.25, -0.2) is 4.39 Å². The Bertz CT molecular complexity index is 817. The van der Waals surface area contributed by atoms with E-state index >= 15 is 0 Å². The van der Waals surface area contributed by atoms with Crippen LogP contribution in [0.2, 0.25) is 0 Å². The van der Waals surface area contributed by atoms with Gasteiger partial charge in [0.25, 0.3) is 5.91 Å². The number of halogens is 1. The molecule has 3 aromatic rings. The summed E-state index contributed by atoms with van der Waals surface area (Å²) in [6, 6.07) is 14.6. The summed E-state index contributed by atoms with van der Waals surface area (Å²) >= 11 is 0. The van der Waals surface area contributed by atoms with Gasteiger partial charge < -0.3 is 9.84 Å². The Morgan fingerprint density at radius 1 is 1.13 bits per heavy atom. The first-order valence-corrected chi connectivity index (χ1v) is 7.09. The average molecular weight is 311 g/mol. The summed E-state index contributed by atoms with van der Waals surface area (Å²) < 4.78 is 18.8. The van der Waals surface area contributed by atoms with Crippen LogP contribution in [0.3, 0.4) is 0 Å². The zero-order chi connectivity index (χ0) is 16.2. The van der Waals surface area contributed by atoms with E-state index in [2.05, 4.69) is 15.5 Å². The maximum absolute atomic E-state index is 13.6. The van der Waals surface area contributed by atoms with E-state index in [0.717, 1.165) is 5.56 Å². The van der Waals surface area contributed by atoms with E-state index in [4.69, 9.17) is 4.52 Å². The van der Waals surface area contributed by atoms with Crippen molar-refractivity contribution in [3.63, 3.8) is 0 Å². The third-order valence-electron chi connectivity index (χ3n) is 3.31. The van der Waals surface area contributed by atoms with Crippen LogP contribution >= 0.6 is 0 Å². The van der Waals surface area contributed by atoms with Crippen molar-refractivity contribution in [1.29, 1.82) is 0 Å². The monoisotopic (exact) mass is 311 g/mol. The zero-order valence-corrected chi connectivity index (χ0v) is 12.4.